The summed E-state index contributed by atoms with van der Waals surface area (Å²) in [5.41, 5.74) is 0.350. The van der Waals surface area contributed by atoms with Crippen LogP contribution in [0.3, 0.4) is 0 Å². The Balaban J connectivity index is 1.47. The van der Waals surface area contributed by atoms with Gasteiger partial charge in [0.2, 0.25) is 5.91 Å². The SMILES string of the molecule is CC(C)(C)OC(=O)N[C@@H](Cc1ccccc1)C(=O)NC12CC3CC(CC(C3)C1)C2. The number of alkyl carbamates (subject to hydrolysis) is 1. The summed E-state index contributed by atoms with van der Waals surface area (Å²) in [6.07, 6.45) is 7.19. The minimum absolute atomic E-state index is 0.0730. The molecule has 4 fully saturated rings. The Hall–Kier alpha value is -2.04. The molecular formula is C24H34N2O3. The Morgan fingerprint density at radius 1 is 1.03 bits per heavy atom. The number of rotatable bonds is 5. The van der Waals surface area contributed by atoms with Gasteiger partial charge in [0.1, 0.15) is 11.6 Å². The van der Waals surface area contributed by atoms with Crippen molar-refractivity contribution in [1.29, 1.82) is 0 Å². The normalized spacial score (nSPS) is 31.2. The van der Waals surface area contributed by atoms with Gasteiger partial charge in [0.25, 0.3) is 0 Å². The summed E-state index contributed by atoms with van der Waals surface area (Å²) in [6, 6.07) is 9.20. The largest absolute Gasteiger partial charge is 0.444 e. The predicted octanol–water partition coefficient (Wildman–Crippen LogP) is 4.21. The number of nitrogens with one attached hydrogen (secondary N) is 2. The molecule has 158 valence electrons. The standard InChI is InChI=1S/C24H34N2O3/c1-23(2,3)29-22(28)25-20(12-16-7-5-4-6-8-16)21(27)26-24-13-17-9-18(14-24)11-19(10-17)15-24/h4-8,17-20H,9-15H2,1-3H3,(H,25,28)(H,26,27)/t17?,18?,19?,20-,24?/m0/s1. The van der Waals surface area contributed by atoms with Crippen LogP contribution < -0.4 is 10.6 Å². The molecule has 1 aromatic carbocycles. The van der Waals surface area contributed by atoms with Crippen LogP contribution in [0.25, 0.3) is 0 Å². The maximum atomic E-state index is 13.4. The zero-order valence-corrected chi connectivity index (χ0v) is 17.9. The molecule has 5 nitrogen and oxygen atoms in total. The Morgan fingerprint density at radius 3 is 2.10 bits per heavy atom. The Kier molecular flexibility index (Phi) is 5.34. The second kappa shape index (κ2) is 7.66. The highest BCUT2D eigenvalue weighted by molar-refractivity contribution is 5.86. The van der Waals surface area contributed by atoms with Crippen molar-refractivity contribution in [1.82, 2.24) is 10.6 Å². The van der Waals surface area contributed by atoms with Crippen molar-refractivity contribution in [2.75, 3.05) is 0 Å². The van der Waals surface area contributed by atoms with Crippen LogP contribution in [0.4, 0.5) is 4.79 Å². The van der Waals surface area contributed by atoms with Gasteiger partial charge < -0.3 is 15.4 Å². The third-order valence-corrected chi connectivity index (χ3v) is 6.72. The molecule has 4 aliphatic carbocycles. The highest BCUT2D eigenvalue weighted by atomic mass is 16.6. The van der Waals surface area contributed by atoms with Crippen molar-refractivity contribution in [3.8, 4) is 0 Å². The van der Waals surface area contributed by atoms with Crippen molar-refractivity contribution >= 4 is 12.0 Å². The molecule has 0 radical (unpaired) electrons. The van der Waals surface area contributed by atoms with Crippen molar-refractivity contribution in [3.05, 3.63) is 35.9 Å². The van der Waals surface area contributed by atoms with Crippen molar-refractivity contribution in [2.45, 2.75) is 82.9 Å². The van der Waals surface area contributed by atoms with Gasteiger partial charge in [0, 0.05) is 12.0 Å². The molecule has 4 aliphatic rings. The number of hydrogen-bond acceptors (Lipinski definition) is 3. The lowest BCUT2D eigenvalue weighted by Gasteiger charge is -2.57. The lowest BCUT2D eigenvalue weighted by atomic mass is 9.53. The predicted molar refractivity (Wildman–Crippen MR) is 112 cm³/mol. The zero-order chi connectivity index (χ0) is 20.6. The fraction of sp³-hybridized carbons (Fsp3) is 0.667. The molecule has 29 heavy (non-hydrogen) atoms. The average Bonchev–Trinajstić information content (AvgIpc) is 2.58. The summed E-state index contributed by atoms with van der Waals surface area (Å²) in [5.74, 6) is 2.19. The second-order valence-corrected chi connectivity index (χ2v) is 10.6. The van der Waals surface area contributed by atoms with Crippen LogP contribution >= 0.6 is 0 Å². The number of carbonyl (C=O) groups excluding carboxylic acids is 2. The third kappa shape index (κ3) is 4.93. The van der Waals surface area contributed by atoms with E-state index in [1.165, 1.54) is 19.3 Å². The van der Waals surface area contributed by atoms with E-state index < -0.39 is 17.7 Å². The molecular weight excluding hydrogens is 364 g/mol. The monoisotopic (exact) mass is 398 g/mol. The van der Waals surface area contributed by atoms with Crippen LogP contribution in [0.2, 0.25) is 0 Å². The summed E-state index contributed by atoms with van der Waals surface area (Å²) in [7, 11) is 0. The lowest BCUT2D eigenvalue weighted by Crippen LogP contribution is -2.63. The van der Waals surface area contributed by atoms with E-state index in [9.17, 15) is 9.59 Å². The van der Waals surface area contributed by atoms with Crippen molar-refractivity contribution in [2.24, 2.45) is 17.8 Å². The van der Waals surface area contributed by atoms with Gasteiger partial charge in [-0.2, -0.15) is 0 Å². The van der Waals surface area contributed by atoms with Crippen molar-refractivity contribution in [3.63, 3.8) is 0 Å². The molecule has 1 atom stereocenters. The first-order valence-corrected chi connectivity index (χ1v) is 11.1. The summed E-state index contributed by atoms with van der Waals surface area (Å²) in [6.45, 7) is 5.48. The molecule has 2 N–H and O–H groups in total. The first-order chi connectivity index (χ1) is 13.7. The number of ether oxygens (including phenoxy) is 1. The Morgan fingerprint density at radius 2 is 1.59 bits per heavy atom. The van der Waals surface area contributed by atoms with E-state index in [0.29, 0.717) is 6.42 Å². The van der Waals surface area contributed by atoms with Crippen molar-refractivity contribution < 1.29 is 14.3 Å². The molecule has 0 unspecified atom stereocenters. The summed E-state index contributed by atoms with van der Waals surface area (Å²) in [5, 5.41) is 6.24. The second-order valence-electron chi connectivity index (χ2n) is 10.6. The topological polar surface area (TPSA) is 67.4 Å². The van der Waals surface area contributed by atoms with Crippen LogP contribution in [0.5, 0.6) is 0 Å². The first kappa shape index (κ1) is 20.2. The van der Waals surface area contributed by atoms with E-state index >= 15 is 0 Å². The smallest absolute Gasteiger partial charge is 0.408 e. The maximum absolute atomic E-state index is 13.4. The molecule has 5 rings (SSSR count). The molecule has 0 aromatic heterocycles. The highest BCUT2D eigenvalue weighted by Crippen LogP contribution is 2.55. The van der Waals surface area contributed by atoms with Crippen LogP contribution in [0.15, 0.2) is 30.3 Å². The van der Waals surface area contributed by atoms with Gasteiger partial charge in [-0.3, -0.25) is 4.79 Å². The van der Waals surface area contributed by atoms with Gasteiger partial charge in [-0.15, -0.1) is 0 Å². The van der Waals surface area contributed by atoms with E-state index in [4.69, 9.17) is 4.74 Å². The minimum Gasteiger partial charge on any atom is -0.444 e. The number of hydrogen-bond donors (Lipinski definition) is 2. The van der Waals surface area contributed by atoms with Gasteiger partial charge >= 0.3 is 6.09 Å². The zero-order valence-electron chi connectivity index (χ0n) is 17.9. The van der Waals surface area contributed by atoms with E-state index in [-0.39, 0.29) is 11.4 Å². The average molecular weight is 399 g/mol. The van der Waals surface area contributed by atoms with Crippen LogP contribution in [0, 0.1) is 17.8 Å². The minimum atomic E-state index is -0.639. The molecule has 0 aliphatic heterocycles. The fourth-order valence-electron chi connectivity index (χ4n) is 6.12. The highest BCUT2D eigenvalue weighted by Gasteiger charge is 2.51. The maximum Gasteiger partial charge on any atom is 0.408 e. The fourth-order valence-corrected chi connectivity index (χ4v) is 6.12. The number of amides is 2. The van der Waals surface area contributed by atoms with Gasteiger partial charge in [-0.1, -0.05) is 30.3 Å². The Bertz CT molecular complexity index is 718. The summed E-state index contributed by atoms with van der Waals surface area (Å²) < 4.78 is 5.42. The summed E-state index contributed by atoms with van der Waals surface area (Å²) >= 11 is 0. The van der Waals surface area contributed by atoms with Crippen LogP contribution in [-0.2, 0) is 16.0 Å². The lowest BCUT2D eigenvalue weighted by molar-refractivity contribution is -0.129. The molecule has 2 amide bonds. The van der Waals surface area contributed by atoms with Gasteiger partial charge in [0.05, 0.1) is 0 Å². The molecule has 0 spiro atoms. The van der Waals surface area contributed by atoms with Gasteiger partial charge in [-0.25, -0.2) is 4.79 Å². The van der Waals surface area contributed by atoms with E-state index in [0.717, 1.165) is 42.6 Å². The van der Waals surface area contributed by atoms with E-state index in [1.807, 2.05) is 51.1 Å². The van der Waals surface area contributed by atoms with Gasteiger partial charge in [0.15, 0.2) is 0 Å². The molecule has 0 heterocycles. The first-order valence-electron chi connectivity index (χ1n) is 11.1. The Labute approximate surface area is 174 Å². The van der Waals surface area contributed by atoms with E-state index in [2.05, 4.69) is 10.6 Å². The molecule has 4 bridgehead atoms. The third-order valence-electron chi connectivity index (χ3n) is 6.72. The van der Waals surface area contributed by atoms with Crippen LogP contribution in [0.1, 0.15) is 64.9 Å². The van der Waals surface area contributed by atoms with E-state index in [1.54, 1.807) is 0 Å². The number of benzene rings is 1. The molecule has 1 aromatic rings. The molecule has 4 saturated carbocycles. The molecule has 0 saturated heterocycles. The number of carbonyl (C=O) groups is 2. The molecule has 5 heteroatoms. The quantitative estimate of drug-likeness (QED) is 0.781. The van der Waals surface area contributed by atoms with Crippen LogP contribution in [-0.4, -0.2) is 29.2 Å². The summed E-state index contributed by atoms with van der Waals surface area (Å²) in [4.78, 5) is 25.8. The van der Waals surface area contributed by atoms with Gasteiger partial charge in [-0.05, 0) is 82.6 Å².